The number of hydrogen-bond acceptors (Lipinski definition) is 2. The predicted octanol–water partition coefficient (Wildman–Crippen LogP) is 5.64. The van der Waals surface area contributed by atoms with Gasteiger partial charge in [0.15, 0.2) is 0 Å². The lowest BCUT2D eigenvalue weighted by Gasteiger charge is -2.12. The Morgan fingerprint density at radius 3 is 2.53 bits per heavy atom. The van der Waals surface area contributed by atoms with Crippen LogP contribution in [0.25, 0.3) is 0 Å². The van der Waals surface area contributed by atoms with Crippen molar-refractivity contribution in [2.45, 2.75) is 32.1 Å². The van der Waals surface area contributed by atoms with Gasteiger partial charge in [0.2, 0.25) is 0 Å². The van der Waals surface area contributed by atoms with Crippen LogP contribution in [0.2, 0.25) is 5.02 Å². The minimum absolute atomic E-state index is 0.792. The van der Waals surface area contributed by atoms with Gasteiger partial charge in [0.25, 0.3) is 0 Å². The zero-order chi connectivity index (χ0) is 13.8. The van der Waals surface area contributed by atoms with Crippen LogP contribution in [0, 0.1) is 13.8 Å². The van der Waals surface area contributed by atoms with Gasteiger partial charge in [-0.05, 0) is 61.0 Å². The highest BCUT2D eigenvalue weighted by molar-refractivity contribution is 8.00. The van der Waals surface area contributed by atoms with Crippen molar-refractivity contribution in [2.75, 3.05) is 4.72 Å². The molecule has 0 spiro atoms. The van der Waals surface area contributed by atoms with Gasteiger partial charge in [0.05, 0.1) is 5.02 Å². The van der Waals surface area contributed by atoms with Crippen LogP contribution in [0.1, 0.15) is 23.6 Å². The van der Waals surface area contributed by atoms with Crippen molar-refractivity contribution in [3.63, 3.8) is 0 Å². The van der Waals surface area contributed by atoms with Crippen LogP contribution < -0.4 is 4.72 Å². The molecule has 0 aliphatic heterocycles. The molecule has 0 saturated carbocycles. The third-order valence-electron chi connectivity index (χ3n) is 3.13. The summed E-state index contributed by atoms with van der Waals surface area (Å²) in [7, 11) is 0. The SMILES string of the molecule is CCc1ccc(NSc2c(C)cccc2Cl)c(C)c1. The highest BCUT2D eigenvalue weighted by Gasteiger charge is 2.06. The number of benzene rings is 2. The smallest absolute Gasteiger partial charge is 0.0562 e. The molecule has 2 aromatic rings. The van der Waals surface area contributed by atoms with Crippen LogP contribution in [-0.4, -0.2) is 0 Å². The van der Waals surface area contributed by atoms with Gasteiger partial charge >= 0.3 is 0 Å². The van der Waals surface area contributed by atoms with E-state index in [0.29, 0.717) is 0 Å². The van der Waals surface area contributed by atoms with Crippen molar-refractivity contribution in [2.24, 2.45) is 0 Å². The van der Waals surface area contributed by atoms with Crippen LogP contribution >= 0.6 is 23.5 Å². The van der Waals surface area contributed by atoms with Gasteiger partial charge in [0, 0.05) is 10.6 Å². The average Bonchev–Trinajstić information content (AvgIpc) is 2.39. The van der Waals surface area contributed by atoms with E-state index in [2.05, 4.69) is 49.8 Å². The Bertz CT molecular complexity index is 561. The Morgan fingerprint density at radius 1 is 1.11 bits per heavy atom. The number of hydrogen-bond donors (Lipinski definition) is 1. The number of halogens is 1. The van der Waals surface area contributed by atoms with E-state index in [1.165, 1.54) is 16.7 Å². The maximum Gasteiger partial charge on any atom is 0.0562 e. The van der Waals surface area contributed by atoms with Gasteiger partial charge in [-0.25, -0.2) is 0 Å². The van der Waals surface area contributed by atoms with Gasteiger partial charge in [-0.3, -0.25) is 0 Å². The number of rotatable bonds is 4. The Labute approximate surface area is 124 Å². The molecule has 0 radical (unpaired) electrons. The lowest BCUT2D eigenvalue weighted by molar-refractivity contribution is 1.13. The quantitative estimate of drug-likeness (QED) is 0.732. The summed E-state index contributed by atoms with van der Waals surface area (Å²) in [5, 5.41) is 0.792. The Morgan fingerprint density at radius 2 is 1.89 bits per heavy atom. The molecular weight excluding hydrogens is 274 g/mol. The first-order chi connectivity index (χ1) is 9.11. The van der Waals surface area contributed by atoms with Gasteiger partial charge in [-0.15, -0.1) is 0 Å². The second-order valence-electron chi connectivity index (χ2n) is 4.59. The maximum absolute atomic E-state index is 6.22. The van der Waals surface area contributed by atoms with Crippen LogP contribution in [0.5, 0.6) is 0 Å². The molecule has 0 bridgehead atoms. The number of anilines is 1. The summed E-state index contributed by atoms with van der Waals surface area (Å²) in [4.78, 5) is 1.09. The average molecular weight is 292 g/mol. The fourth-order valence-electron chi connectivity index (χ4n) is 1.91. The molecule has 0 atom stereocenters. The van der Waals surface area contributed by atoms with Gasteiger partial charge < -0.3 is 4.72 Å². The maximum atomic E-state index is 6.22. The molecule has 0 amide bonds. The summed E-state index contributed by atoms with van der Waals surface area (Å²) >= 11 is 7.79. The topological polar surface area (TPSA) is 12.0 Å². The van der Waals surface area contributed by atoms with Crippen molar-refractivity contribution in [3.8, 4) is 0 Å². The number of aryl methyl sites for hydroxylation is 3. The van der Waals surface area contributed by atoms with E-state index in [1.807, 2.05) is 12.1 Å². The molecule has 0 unspecified atom stereocenters. The standard InChI is InChI=1S/C16H18ClNS/c1-4-13-8-9-15(12(3)10-13)18-19-16-11(2)6-5-7-14(16)17/h5-10,18H,4H2,1-3H3. The van der Waals surface area contributed by atoms with Crippen molar-refractivity contribution in [3.05, 3.63) is 58.1 Å². The van der Waals surface area contributed by atoms with Crippen molar-refractivity contribution in [1.29, 1.82) is 0 Å². The summed E-state index contributed by atoms with van der Waals surface area (Å²) in [5.74, 6) is 0. The van der Waals surface area contributed by atoms with Gasteiger partial charge in [-0.1, -0.05) is 42.8 Å². The lowest BCUT2D eigenvalue weighted by atomic mass is 10.1. The second kappa shape index (κ2) is 6.36. The van der Waals surface area contributed by atoms with E-state index < -0.39 is 0 Å². The molecule has 19 heavy (non-hydrogen) atoms. The minimum Gasteiger partial charge on any atom is -0.325 e. The molecule has 0 aliphatic carbocycles. The molecule has 0 fully saturated rings. The summed E-state index contributed by atoms with van der Waals surface area (Å²) in [6, 6.07) is 12.5. The first-order valence-electron chi connectivity index (χ1n) is 6.39. The molecule has 100 valence electrons. The largest absolute Gasteiger partial charge is 0.325 e. The molecule has 0 aliphatic rings. The molecule has 3 heteroatoms. The summed E-state index contributed by atoms with van der Waals surface area (Å²) < 4.78 is 3.39. The van der Waals surface area contributed by atoms with Crippen LogP contribution in [0.3, 0.4) is 0 Å². The van der Waals surface area contributed by atoms with Crippen molar-refractivity contribution < 1.29 is 0 Å². The van der Waals surface area contributed by atoms with E-state index in [4.69, 9.17) is 11.6 Å². The fraction of sp³-hybridized carbons (Fsp3) is 0.250. The zero-order valence-electron chi connectivity index (χ0n) is 11.5. The van der Waals surface area contributed by atoms with Crippen LogP contribution in [0.4, 0.5) is 5.69 Å². The minimum atomic E-state index is 0.792. The third-order valence-corrected chi connectivity index (χ3v) is 4.62. The summed E-state index contributed by atoms with van der Waals surface area (Å²) in [5.41, 5.74) is 4.95. The first-order valence-corrected chi connectivity index (χ1v) is 7.58. The molecule has 0 saturated heterocycles. The van der Waals surface area contributed by atoms with E-state index in [-0.39, 0.29) is 0 Å². The Balaban J connectivity index is 2.15. The lowest BCUT2D eigenvalue weighted by Crippen LogP contribution is -1.93. The Kier molecular flexibility index (Phi) is 4.78. The molecule has 2 aromatic carbocycles. The molecular formula is C16H18ClNS. The fourth-order valence-corrected chi connectivity index (χ4v) is 3.09. The summed E-state index contributed by atoms with van der Waals surface area (Å²) in [6.07, 6.45) is 1.07. The van der Waals surface area contributed by atoms with E-state index >= 15 is 0 Å². The zero-order valence-corrected chi connectivity index (χ0v) is 13.0. The predicted molar refractivity (Wildman–Crippen MR) is 86.2 cm³/mol. The third kappa shape index (κ3) is 3.46. The highest BCUT2D eigenvalue weighted by atomic mass is 35.5. The first kappa shape index (κ1) is 14.3. The van der Waals surface area contributed by atoms with E-state index in [1.54, 1.807) is 11.9 Å². The highest BCUT2D eigenvalue weighted by Crippen LogP contribution is 2.32. The van der Waals surface area contributed by atoms with Gasteiger partial charge in [0.1, 0.15) is 0 Å². The van der Waals surface area contributed by atoms with E-state index in [0.717, 1.165) is 22.0 Å². The second-order valence-corrected chi connectivity index (χ2v) is 5.82. The summed E-state index contributed by atoms with van der Waals surface area (Å²) in [6.45, 7) is 6.37. The molecule has 0 aromatic heterocycles. The molecule has 0 heterocycles. The number of nitrogens with one attached hydrogen (secondary N) is 1. The molecule has 1 N–H and O–H groups in total. The normalized spacial score (nSPS) is 10.5. The molecule has 2 rings (SSSR count). The van der Waals surface area contributed by atoms with Crippen molar-refractivity contribution >= 4 is 29.2 Å². The van der Waals surface area contributed by atoms with Gasteiger partial charge in [-0.2, -0.15) is 0 Å². The van der Waals surface area contributed by atoms with Crippen LogP contribution in [0.15, 0.2) is 41.3 Å². The Hall–Kier alpha value is -1.12. The monoisotopic (exact) mass is 291 g/mol. The molecule has 1 nitrogen and oxygen atoms in total. The van der Waals surface area contributed by atoms with Crippen molar-refractivity contribution in [1.82, 2.24) is 0 Å². The van der Waals surface area contributed by atoms with Crippen LogP contribution in [-0.2, 0) is 6.42 Å². The van der Waals surface area contributed by atoms with E-state index in [9.17, 15) is 0 Å².